The fourth-order valence-electron chi connectivity index (χ4n) is 7.31. The van der Waals surface area contributed by atoms with Gasteiger partial charge >= 0.3 is 5.97 Å². The van der Waals surface area contributed by atoms with Gasteiger partial charge in [-0.15, -0.1) is 0 Å². The van der Waals surface area contributed by atoms with Gasteiger partial charge in [0.15, 0.2) is 0 Å². The minimum atomic E-state index is -0.862. The maximum absolute atomic E-state index is 12.4. The number of amides is 1. The van der Waals surface area contributed by atoms with Crippen LogP contribution in [0.5, 0.6) is 0 Å². The number of esters is 1. The molecule has 0 aromatic carbocycles. The zero-order valence-electron chi connectivity index (χ0n) is 37.8. The molecule has 3 N–H and O–H groups in total. The summed E-state index contributed by atoms with van der Waals surface area (Å²) in [4.78, 5) is 24.4. The molecule has 6 heteroatoms. The van der Waals surface area contributed by atoms with Crippen molar-refractivity contribution in [3.8, 4) is 0 Å². The van der Waals surface area contributed by atoms with Crippen molar-refractivity contribution in [1.29, 1.82) is 0 Å². The molecule has 0 aromatic heterocycles. The number of rotatable bonds is 45. The van der Waals surface area contributed by atoms with E-state index >= 15 is 0 Å². The van der Waals surface area contributed by atoms with E-state index in [0.717, 1.165) is 64.2 Å². The highest BCUT2D eigenvalue weighted by Crippen LogP contribution is 2.15. The molecule has 0 rings (SSSR count). The number of hydrogen-bond donors (Lipinski definition) is 3. The third-order valence-electron chi connectivity index (χ3n) is 11.2. The summed E-state index contributed by atoms with van der Waals surface area (Å²) in [7, 11) is 0. The smallest absolute Gasteiger partial charge is 0.305 e. The van der Waals surface area contributed by atoms with E-state index in [1.807, 2.05) is 6.08 Å². The van der Waals surface area contributed by atoms with Gasteiger partial charge < -0.3 is 20.3 Å². The molecule has 0 aromatic rings. The van der Waals surface area contributed by atoms with Crippen molar-refractivity contribution >= 4 is 11.9 Å². The minimum Gasteiger partial charge on any atom is -0.466 e. The van der Waals surface area contributed by atoms with Gasteiger partial charge in [0.25, 0.3) is 0 Å². The van der Waals surface area contributed by atoms with Gasteiger partial charge in [-0.05, 0) is 64.2 Å². The molecule has 0 radical (unpaired) electrons. The normalized spacial score (nSPS) is 13.0. The van der Waals surface area contributed by atoms with Gasteiger partial charge in [0.05, 0.1) is 25.4 Å². The predicted molar refractivity (Wildman–Crippen MR) is 246 cm³/mol. The Bertz CT molecular complexity index is 931. The number of aliphatic hydroxyl groups excluding tert-OH is 2. The Morgan fingerprint density at radius 3 is 1.35 bits per heavy atom. The van der Waals surface area contributed by atoms with E-state index in [1.165, 1.54) is 161 Å². The third kappa shape index (κ3) is 43.5. The number of ether oxygens (including phenoxy) is 1. The van der Waals surface area contributed by atoms with Gasteiger partial charge in [-0.2, -0.15) is 0 Å². The molecule has 334 valence electrons. The molecule has 2 unspecified atom stereocenters. The molecule has 0 aliphatic rings. The summed E-state index contributed by atoms with van der Waals surface area (Å²) in [5.41, 5.74) is 0. The topological polar surface area (TPSA) is 95.9 Å². The van der Waals surface area contributed by atoms with Crippen LogP contribution < -0.4 is 5.32 Å². The van der Waals surface area contributed by atoms with E-state index in [-0.39, 0.29) is 18.5 Å². The Labute approximate surface area is 353 Å². The molecule has 0 aliphatic heterocycles. The van der Waals surface area contributed by atoms with Crippen LogP contribution in [0.4, 0.5) is 0 Å². The van der Waals surface area contributed by atoms with Crippen LogP contribution in [0.15, 0.2) is 36.5 Å². The Kier molecular flexibility index (Phi) is 45.2. The van der Waals surface area contributed by atoms with Crippen molar-refractivity contribution in [3.05, 3.63) is 36.5 Å². The fraction of sp³-hybridized carbons (Fsp3) is 0.843. The summed E-state index contributed by atoms with van der Waals surface area (Å²) in [5, 5.41) is 23.0. The maximum Gasteiger partial charge on any atom is 0.305 e. The van der Waals surface area contributed by atoms with Crippen molar-refractivity contribution in [2.24, 2.45) is 0 Å². The third-order valence-corrected chi connectivity index (χ3v) is 11.2. The van der Waals surface area contributed by atoms with Crippen LogP contribution in [0.25, 0.3) is 0 Å². The van der Waals surface area contributed by atoms with Crippen molar-refractivity contribution in [2.75, 3.05) is 13.2 Å². The van der Waals surface area contributed by atoms with E-state index in [4.69, 9.17) is 4.74 Å². The lowest BCUT2D eigenvalue weighted by atomic mass is 10.0. The number of allylic oxidation sites excluding steroid dienone is 5. The van der Waals surface area contributed by atoms with E-state index in [0.29, 0.717) is 19.4 Å². The van der Waals surface area contributed by atoms with Crippen molar-refractivity contribution in [1.82, 2.24) is 5.32 Å². The molecular formula is C51H95NO5. The lowest BCUT2D eigenvalue weighted by Gasteiger charge is -2.20. The van der Waals surface area contributed by atoms with Gasteiger partial charge in [-0.25, -0.2) is 0 Å². The van der Waals surface area contributed by atoms with Crippen LogP contribution >= 0.6 is 0 Å². The molecule has 0 bridgehead atoms. The van der Waals surface area contributed by atoms with Gasteiger partial charge in [0, 0.05) is 12.8 Å². The Morgan fingerprint density at radius 2 is 0.877 bits per heavy atom. The van der Waals surface area contributed by atoms with E-state index in [2.05, 4.69) is 43.5 Å². The van der Waals surface area contributed by atoms with Gasteiger partial charge in [-0.1, -0.05) is 211 Å². The van der Waals surface area contributed by atoms with Crippen LogP contribution in [0.2, 0.25) is 0 Å². The second-order valence-corrected chi connectivity index (χ2v) is 16.8. The standard InChI is InChI=1S/C51H95NO5/c1-3-5-7-9-11-13-15-17-18-19-20-21-23-25-29-33-37-41-45-51(56)57-46-42-38-34-30-26-28-32-36-40-44-50(55)52-48(47-53)49(54)43-39-35-31-27-24-22-16-14-12-10-8-6-4-2/h13,15,18-19,39,43,48-49,53-54H,3-12,14,16-17,20-38,40-42,44-47H2,1-2H3,(H,52,55)/b15-13-,19-18-,43-39+. The summed E-state index contributed by atoms with van der Waals surface area (Å²) >= 11 is 0. The molecule has 0 spiro atoms. The number of nitrogens with one attached hydrogen (secondary N) is 1. The number of unbranched alkanes of at least 4 members (excludes halogenated alkanes) is 30. The number of aliphatic hydroxyl groups is 2. The van der Waals surface area contributed by atoms with E-state index in [9.17, 15) is 19.8 Å². The molecule has 2 atom stereocenters. The highest BCUT2D eigenvalue weighted by atomic mass is 16.5. The summed E-state index contributed by atoms with van der Waals surface area (Å²) in [5.74, 6) is -0.133. The Hall–Kier alpha value is -1.92. The summed E-state index contributed by atoms with van der Waals surface area (Å²) < 4.78 is 5.45. The van der Waals surface area contributed by atoms with Crippen LogP contribution in [-0.2, 0) is 14.3 Å². The number of carbonyl (C=O) groups is 2. The van der Waals surface area contributed by atoms with Crippen LogP contribution in [-0.4, -0.2) is 47.4 Å². The van der Waals surface area contributed by atoms with Crippen molar-refractivity contribution in [2.45, 2.75) is 264 Å². The molecular weight excluding hydrogens is 707 g/mol. The second kappa shape index (κ2) is 46.8. The summed E-state index contributed by atoms with van der Waals surface area (Å²) in [6.07, 6.45) is 55.6. The first-order valence-electron chi connectivity index (χ1n) is 24.8. The Balaban J connectivity index is 3.52. The molecule has 0 aliphatic carbocycles. The monoisotopic (exact) mass is 802 g/mol. The molecule has 0 heterocycles. The first-order chi connectivity index (χ1) is 28.0. The summed E-state index contributed by atoms with van der Waals surface area (Å²) in [6.45, 7) is 4.80. The largest absolute Gasteiger partial charge is 0.466 e. The minimum absolute atomic E-state index is 0.0354. The molecule has 0 saturated carbocycles. The van der Waals surface area contributed by atoms with Gasteiger partial charge in [0.1, 0.15) is 0 Å². The SMILES string of the molecule is CCCCCC/C=C\C/C=C\CCCCCCCCCC(=O)OCCCCCCCCCCCC(=O)NC(CO)C(O)/C=C/CCCCCCCCCCCCC. The molecule has 57 heavy (non-hydrogen) atoms. The molecule has 1 amide bonds. The van der Waals surface area contributed by atoms with E-state index in [1.54, 1.807) is 6.08 Å². The molecule has 0 fully saturated rings. The first kappa shape index (κ1) is 55.1. The van der Waals surface area contributed by atoms with Gasteiger partial charge in [0.2, 0.25) is 5.91 Å². The predicted octanol–water partition coefficient (Wildman–Crippen LogP) is 14.5. The Morgan fingerprint density at radius 1 is 0.491 bits per heavy atom. The van der Waals surface area contributed by atoms with Crippen molar-refractivity contribution in [3.63, 3.8) is 0 Å². The fourth-order valence-corrected chi connectivity index (χ4v) is 7.31. The van der Waals surface area contributed by atoms with Crippen LogP contribution in [0, 0.1) is 0 Å². The number of carbonyl (C=O) groups excluding carboxylic acids is 2. The highest BCUT2D eigenvalue weighted by Gasteiger charge is 2.18. The van der Waals surface area contributed by atoms with Crippen molar-refractivity contribution < 1.29 is 24.5 Å². The zero-order chi connectivity index (χ0) is 41.5. The first-order valence-corrected chi connectivity index (χ1v) is 24.8. The average Bonchev–Trinajstić information content (AvgIpc) is 3.21. The summed E-state index contributed by atoms with van der Waals surface area (Å²) in [6, 6.07) is -0.648. The number of hydrogen-bond acceptors (Lipinski definition) is 5. The average molecular weight is 802 g/mol. The van der Waals surface area contributed by atoms with Crippen LogP contribution in [0.3, 0.4) is 0 Å². The second-order valence-electron chi connectivity index (χ2n) is 16.8. The van der Waals surface area contributed by atoms with Gasteiger partial charge in [-0.3, -0.25) is 9.59 Å². The highest BCUT2D eigenvalue weighted by molar-refractivity contribution is 5.76. The van der Waals surface area contributed by atoms with Crippen LogP contribution in [0.1, 0.15) is 251 Å². The lowest BCUT2D eigenvalue weighted by Crippen LogP contribution is -2.45. The molecule has 0 saturated heterocycles. The molecule has 6 nitrogen and oxygen atoms in total. The van der Waals surface area contributed by atoms with E-state index < -0.39 is 12.1 Å². The maximum atomic E-state index is 12.4. The quantitative estimate of drug-likeness (QED) is 0.0324. The lowest BCUT2D eigenvalue weighted by molar-refractivity contribution is -0.143. The zero-order valence-corrected chi connectivity index (χ0v) is 37.8.